The summed E-state index contributed by atoms with van der Waals surface area (Å²) in [7, 11) is 1.46. The second kappa shape index (κ2) is 7.21. The Balaban J connectivity index is 2.02. The van der Waals surface area contributed by atoms with Gasteiger partial charge in [-0.2, -0.15) is 0 Å². The fraction of sp³-hybridized carbons (Fsp3) is 0.833. The summed E-state index contributed by atoms with van der Waals surface area (Å²) < 4.78 is 5.06. The molecule has 0 atom stereocenters. The van der Waals surface area contributed by atoms with Crippen molar-refractivity contribution >= 4 is 17.8 Å². The molecule has 2 aliphatic carbocycles. The zero-order valence-corrected chi connectivity index (χ0v) is 14.5. The molecule has 0 spiro atoms. The smallest absolute Gasteiger partial charge is 0.332 e. The lowest BCUT2D eigenvalue weighted by Crippen LogP contribution is -2.69. The van der Waals surface area contributed by atoms with Gasteiger partial charge in [0, 0.05) is 7.11 Å². The van der Waals surface area contributed by atoms with E-state index in [9.17, 15) is 14.4 Å². The van der Waals surface area contributed by atoms with Crippen LogP contribution in [0.5, 0.6) is 0 Å². The number of carbonyl (C=O) groups excluding carboxylic acids is 3. The van der Waals surface area contributed by atoms with E-state index >= 15 is 0 Å². The van der Waals surface area contributed by atoms with Crippen LogP contribution in [0, 0.1) is 17.3 Å². The molecule has 0 radical (unpaired) electrons. The molecule has 1 aliphatic heterocycles. The van der Waals surface area contributed by atoms with Gasteiger partial charge in [0.1, 0.15) is 12.1 Å². The summed E-state index contributed by atoms with van der Waals surface area (Å²) >= 11 is 0. The first kappa shape index (κ1) is 17.4. The molecule has 0 bridgehead atoms. The Bertz CT molecular complexity index is 489. The number of carbonyl (C=O) groups is 3. The minimum absolute atomic E-state index is 0.0364. The zero-order chi connectivity index (χ0) is 17.2. The van der Waals surface area contributed by atoms with E-state index in [0.717, 1.165) is 69.1 Å². The highest BCUT2D eigenvalue weighted by Gasteiger charge is 2.61. The van der Waals surface area contributed by atoms with Crippen LogP contribution < -0.4 is 5.32 Å². The van der Waals surface area contributed by atoms with Crippen molar-refractivity contribution in [1.29, 1.82) is 0 Å². The molecule has 0 aromatic rings. The first-order valence-electron chi connectivity index (χ1n) is 9.28. The number of rotatable bonds is 4. The maximum atomic E-state index is 13.4. The van der Waals surface area contributed by atoms with Gasteiger partial charge >= 0.3 is 6.03 Å². The van der Waals surface area contributed by atoms with Gasteiger partial charge < -0.3 is 4.74 Å². The monoisotopic (exact) mass is 336 g/mol. The van der Waals surface area contributed by atoms with Crippen LogP contribution >= 0.6 is 0 Å². The molecule has 1 N–H and O–H groups in total. The van der Waals surface area contributed by atoms with Gasteiger partial charge in [-0.05, 0) is 37.5 Å². The lowest BCUT2D eigenvalue weighted by atomic mass is 9.57. The molecule has 2 saturated carbocycles. The molecule has 3 aliphatic rings. The van der Waals surface area contributed by atoms with Crippen molar-refractivity contribution in [2.75, 3.05) is 13.8 Å². The number of barbiturate groups is 1. The molecule has 3 fully saturated rings. The highest BCUT2D eigenvalue weighted by molar-refractivity contribution is 6.19. The molecule has 6 heteroatoms. The van der Waals surface area contributed by atoms with E-state index in [-0.39, 0.29) is 30.4 Å². The third-order valence-corrected chi connectivity index (χ3v) is 6.20. The van der Waals surface area contributed by atoms with Crippen LogP contribution in [0.2, 0.25) is 0 Å². The molecule has 24 heavy (non-hydrogen) atoms. The van der Waals surface area contributed by atoms with Crippen molar-refractivity contribution in [1.82, 2.24) is 10.2 Å². The van der Waals surface area contributed by atoms with Crippen LogP contribution in [0.25, 0.3) is 0 Å². The third kappa shape index (κ3) is 2.75. The quantitative estimate of drug-likeness (QED) is 0.801. The first-order valence-corrected chi connectivity index (χ1v) is 9.28. The van der Waals surface area contributed by atoms with Crippen molar-refractivity contribution in [3.63, 3.8) is 0 Å². The Morgan fingerprint density at radius 1 is 0.958 bits per heavy atom. The molecule has 134 valence electrons. The highest BCUT2D eigenvalue weighted by Crippen LogP contribution is 2.51. The molecular formula is C18H28N2O4. The molecule has 0 aromatic heterocycles. The maximum absolute atomic E-state index is 13.4. The fourth-order valence-corrected chi connectivity index (χ4v) is 5.10. The predicted octanol–water partition coefficient (Wildman–Crippen LogP) is 2.82. The maximum Gasteiger partial charge on any atom is 0.332 e. The van der Waals surface area contributed by atoms with Crippen molar-refractivity contribution < 1.29 is 19.1 Å². The number of amides is 4. The third-order valence-electron chi connectivity index (χ3n) is 6.20. The van der Waals surface area contributed by atoms with Gasteiger partial charge in [-0.25, -0.2) is 9.69 Å². The normalized spacial score (nSPS) is 26.5. The molecule has 3 rings (SSSR count). The molecular weight excluding hydrogens is 308 g/mol. The van der Waals surface area contributed by atoms with Gasteiger partial charge in [0.05, 0.1) is 0 Å². The van der Waals surface area contributed by atoms with Crippen LogP contribution in [-0.2, 0) is 14.3 Å². The number of hydrogen-bond acceptors (Lipinski definition) is 4. The lowest BCUT2D eigenvalue weighted by Gasteiger charge is -2.49. The number of ether oxygens (including phenoxy) is 1. The fourth-order valence-electron chi connectivity index (χ4n) is 5.10. The molecule has 4 amide bonds. The zero-order valence-electron chi connectivity index (χ0n) is 14.5. The molecule has 6 nitrogen and oxygen atoms in total. The van der Waals surface area contributed by atoms with Crippen LogP contribution in [-0.4, -0.2) is 36.6 Å². The van der Waals surface area contributed by atoms with E-state index in [1.807, 2.05) is 0 Å². The minimum Gasteiger partial charge on any atom is -0.364 e. The van der Waals surface area contributed by atoms with Gasteiger partial charge in [-0.15, -0.1) is 0 Å². The van der Waals surface area contributed by atoms with E-state index in [1.165, 1.54) is 7.11 Å². The topological polar surface area (TPSA) is 75.7 Å². The lowest BCUT2D eigenvalue weighted by molar-refractivity contribution is -0.166. The number of imide groups is 2. The Labute approximate surface area is 143 Å². The number of nitrogens with zero attached hydrogens (tertiary/aromatic N) is 1. The van der Waals surface area contributed by atoms with E-state index in [2.05, 4.69) is 5.32 Å². The summed E-state index contributed by atoms with van der Waals surface area (Å²) in [5.74, 6) is -0.607. The first-order chi connectivity index (χ1) is 11.6. The number of hydrogen-bond donors (Lipinski definition) is 1. The van der Waals surface area contributed by atoms with Gasteiger partial charge in [0.25, 0.3) is 0 Å². The summed E-state index contributed by atoms with van der Waals surface area (Å²) in [6, 6.07) is -0.644. The van der Waals surface area contributed by atoms with E-state index in [1.54, 1.807) is 0 Å². The summed E-state index contributed by atoms with van der Waals surface area (Å²) in [4.78, 5) is 39.7. The molecule has 1 saturated heterocycles. The standard InChI is InChI=1S/C18H28N2O4/c1-24-12-20-16(22)18(15(21)19-17(20)23,13-8-4-2-5-9-13)14-10-6-3-7-11-14/h13-14H,2-12H2,1H3,(H,19,21,23). The molecule has 0 aromatic carbocycles. The average molecular weight is 336 g/mol. The van der Waals surface area contributed by atoms with Crippen molar-refractivity contribution in [2.24, 2.45) is 17.3 Å². The second-order valence-corrected chi connectivity index (χ2v) is 7.45. The highest BCUT2D eigenvalue weighted by atomic mass is 16.5. The van der Waals surface area contributed by atoms with Crippen LogP contribution in [0.3, 0.4) is 0 Å². The Kier molecular flexibility index (Phi) is 5.23. The Morgan fingerprint density at radius 3 is 1.92 bits per heavy atom. The van der Waals surface area contributed by atoms with E-state index in [4.69, 9.17) is 4.74 Å². The summed E-state index contributed by atoms with van der Waals surface area (Å²) in [5.41, 5.74) is -1.08. The Hall–Kier alpha value is -1.43. The van der Waals surface area contributed by atoms with Crippen molar-refractivity contribution in [3.8, 4) is 0 Å². The minimum atomic E-state index is -1.08. The summed E-state index contributed by atoms with van der Waals surface area (Å²) in [5, 5.41) is 2.48. The summed E-state index contributed by atoms with van der Waals surface area (Å²) in [6.07, 6.45) is 10.1. The van der Waals surface area contributed by atoms with Crippen molar-refractivity contribution in [3.05, 3.63) is 0 Å². The molecule has 0 unspecified atom stereocenters. The Morgan fingerprint density at radius 2 is 1.46 bits per heavy atom. The van der Waals surface area contributed by atoms with Gasteiger partial charge in [-0.1, -0.05) is 38.5 Å². The number of nitrogens with one attached hydrogen (secondary N) is 1. The molecule has 1 heterocycles. The van der Waals surface area contributed by atoms with E-state index in [0.29, 0.717) is 0 Å². The number of urea groups is 1. The number of methoxy groups -OCH3 is 1. The predicted molar refractivity (Wildman–Crippen MR) is 87.8 cm³/mol. The van der Waals surface area contributed by atoms with Crippen LogP contribution in [0.4, 0.5) is 4.79 Å². The van der Waals surface area contributed by atoms with Gasteiger partial charge in [0.2, 0.25) is 11.8 Å². The SMILES string of the molecule is COCN1C(=O)NC(=O)C(C2CCCCC2)(C2CCCCC2)C1=O. The van der Waals surface area contributed by atoms with Crippen molar-refractivity contribution in [2.45, 2.75) is 64.2 Å². The second-order valence-electron chi connectivity index (χ2n) is 7.45. The average Bonchev–Trinajstić information content (AvgIpc) is 2.61. The van der Waals surface area contributed by atoms with Gasteiger partial charge in [-0.3, -0.25) is 14.9 Å². The van der Waals surface area contributed by atoms with Gasteiger partial charge in [0.15, 0.2) is 0 Å². The van der Waals surface area contributed by atoms with E-state index < -0.39 is 11.4 Å². The largest absolute Gasteiger partial charge is 0.364 e. The summed E-state index contributed by atoms with van der Waals surface area (Å²) in [6.45, 7) is -0.0981. The van der Waals surface area contributed by atoms with Crippen LogP contribution in [0.1, 0.15) is 64.2 Å². The van der Waals surface area contributed by atoms with Crippen LogP contribution in [0.15, 0.2) is 0 Å².